The van der Waals surface area contributed by atoms with Crippen molar-refractivity contribution in [2.75, 3.05) is 6.61 Å². The number of hydrogen-bond donors (Lipinski definition) is 0. The average Bonchev–Trinajstić information content (AvgIpc) is 2.86. The lowest BCUT2D eigenvalue weighted by Crippen LogP contribution is -2.13. The molecule has 0 N–H and O–H groups in total. The Morgan fingerprint density at radius 3 is 2.71 bits per heavy atom. The number of benzene rings is 1. The summed E-state index contributed by atoms with van der Waals surface area (Å²) in [6, 6.07) is 5.56. The maximum Gasteiger partial charge on any atom is 0.327 e. The minimum atomic E-state index is -0.309. The highest BCUT2D eigenvalue weighted by molar-refractivity contribution is 5.94. The first-order valence-electron chi connectivity index (χ1n) is 6.81. The zero-order chi connectivity index (χ0) is 15.4. The molecule has 0 spiro atoms. The van der Waals surface area contributed by atoms with Crippen LogP contribution in [-0.2, 0) is 16.1 Å². The minimum Gasteiger partial charge on any atom is -0.465 e. The van der Waals surface area contributed by atoms with Gasteiger partial charge in [0.25, 0.3) is 0 Å². The molecule has 21 heavy (non-hydrogen) atoms. The maximum absolute atomic E-state index is 11.4. The smallest absolute Gasteiger partial charge is 0.327 e. The molecule has 0 aliphatic rings. The number of aryl methyl sites for hydroxylation is 1. The molecular formula is C16H18N2O3. The fourth-order valence-corrected chi connectivity index (χ4v) is 2.13. The number of Topliss-reactive ketones (excluding diaryl/α,β-unsaturated/α-hetero) is 1. The van der Waals surface area contributed by atoms with Crippen molar-refractivity contribution in [2.45, 2.75) is 27.3 Å². The molecule has 5 nitrogen and oxygen atoms in total. The van der Waals surface area contributed by atoms with Gasteiger partial charge in [-0.3, -0.25) is 14.3 Å². The van der Waals surface area contributed by atoms with E-state index in [4.69, 9.17) is 4.74 Å². The van der Waals surface area contributed by atoms with Gasteiger partial charge in [-0.1, -0.05) is 12.1 Å². The number of hydrogen-bond acceptors (Lipinski definition) is 4. The summed E-state index contributed by atoms with van der Waals surface area (Å²) in [4.78, 5) is 22.8. The van der Waals surface area contributed by atoms with Crippen molar-refractivity contribution in [3.63, 3.8) is 0 Å². The van der Waals surface area contributed by atoms with Gasteiger partial charge in [-0.05, 0) is 38.0 Å². The van der Waals surface area contributed by atoms with Gasteiger partial charge in [0, 0.05) is 17.3 Å². The van der Waals surface area contributed by atoms with Crippen molar-refractivity contribution in [3.8, 4) is 11.1 Å². The normalized spacial score (nSPS) is 10.4. The van der Waals surface area contributed by atoms with Crippen LogP contribution in [0.5, 0.6) is 0 Å². The highest BCUT2D eigenvalue weighted by atomic mass is 16.5. The monoisotopic (exact) mass is 286 g/mol. The van der Waals surface area contributed by atoms with Crippen LogP contribution in [0.15, 0.2) is 30.6 Å². The molecule has 2 rings (SSSR count). The molecule has 0 saturated heterocycles. The number of aromatic nitrogens is 2. The zero-order valence-corrected chi connectivity index (χ0v) is 12.4. The van der Waals surface area contributed by atoms with Gasteiger partial charge in [0.15, 0.2) is 5.78 Å². The highest BCUT2D eigenvalue weighted by Crippen LogP contribution is 2.24. The van der Waals surface area contributed by atoms with Crippen LogP contribution in [-0.4, -0.2) is 28.1 Å². The number of carbonyl (C=O) groups is 2. The third-order valence-corrected chi connectivity index (χ3v) is 3.17. The fourth-order valence-electron chi connectivity index (χ4n) is 2.13. The van der Waals surface area contributed by atoms with E-state index in [9.17, 15) is 9.59 Å². The highest BCUT2D eigenvalue weighted by Gasteiger charge is 2.09. The fraction of sp³-hybridized carbons (Fsp3) is 0.312. The van der Waals surface area contributed by atoms with Crippen LogP contribution in [0.4, 0.5) is 0 Å². The molecule has 0 fully saturated rings. The first-order valence-corrected chi connectivity index (χ1v) is 6.81. The summed E-state index contributed by atoms with van der Waals surface area (Å²) < 4.78 is 6.44. The van der Waals surface area contributed by atoms with Crippen LogP contribution >= 0.6 is 0 Å². The SMILES string of the molecule is CCOC(=O)Cn1cc(-c2ccc(C(C)=O)cc2C)cn1. The van der Waals surface area contributed by atoms with E-state index in [0.29, 0.717) is 12.2 Å². The van der Waals surface area contributed by atoms with Gasteiger partial charge in [-0.2, -0.15) is 5.10 Å². The quantitative estimate of drug-likeness (QED) is 0.626. The van der Waals surface area contributed by atoms with Gasteiger partial charge in [0.2, 0.25) is 0 Å². The Balaban J connectivity index is 2.21. The van der Waals surface area contributed by atoms with Crippen molar-refractivity contribution in [1.82, 2.24) is 9.78 Å². The lowest BCUT2D eigenvalue weighted by atomic mass is 9.99. The van der Waals surface area contributed by atoms with Crippen LogP contribution in [0.3, 0.4) is 0 Å². The predicted octanol–water partition coefficient (Wildman–Crippen LogP) is 2.62. The molecule has 0 aliphatic carbocycles. The molecule has 1 aromatic heterocycles. The maximum atomic E-state index is 11.4. The average molecular weight is 286 g/mol. The Bertz CT molecular complexity index is 674. The summed E-state index contributed by atoms with van der Waals surface area (Å²) >= 11 is 0. The Labute approximate surface area is 123 Å². The molecule has 0 unspecified atom stereocenters. The van der Waals surface area contributed by atoms with Crippen molar-refractivity contribution in [2.24, 2.45) is 0 Å². The van der Waals surface area contributed by atoms with E-state index in [2.05, 4.69) is 5.10 Å². The molecule has 2 aromatic rings. The summed E-state index contributed by atoms with van der Waals surface area (Å²) in [6.45, 7) is 5.72. The molecule has 1 heterocycles. The van der Waals surface area contributed by atoms with Gasteiger partial charge < -0.3 is 4.74 Å². The Morgan fingerprint density at radius 1 is 1.33 bits per heavy atom. The van der Waals surface area contributed by atoms with Gasteiger partial charge in [0.05, 0.1) is 12.8 Å². The zero-order valence-electron chi connectivity index (χ0n) is 12.4. The van der Waals surface area contributed by atoms with E-state index in [1.165, 1.54) is 0 Å². The van der Waals surface area contributed by atoms with Crippen LogP contribution < -0.4 is 0 Å². The molecule has 0 aliphatic heterocycles. The first-order chi connectivity index (χ1) is 10.0. The number of rotatable bonds is 5. The summed E-state index contributed by atoms with van der Waals surface area (Å²) in [5.74, 6) is -0.265. The number of esters is 1. The lowest BCUT2D eigenvalue weighted by molar-refractivity contribution is -0.144. The molecule has 1 aromatic carbocycles. The standard InChI is InChI=1S/C16H18N2O3/c1-4-21-16(20)10-18-9-14(8-17-18)15-6-5-13(12(3)19)7-11(15)2/h5-9H,4,10H2,1-3H3. The number of nitrogens with zero attached hydrogens (tertiary/aromatic N) is 2. The van der Waals surface area contributed by atoms with E-state index < -0.39 is 0 Å². The molecule has 0 atom stereocenters. The van der Waals surface area contributed by atoms with Crippen LogP contribution in [0.2, 0.25) is 0 Å². The van der Waals surface area contributed by atoms with E-state index in [1.54, 1.807) is 37.0 Å². The van der Waals surface area contributed by atoms with Gasteiger partial charge in [-0.15, -0.1) is 0 Å². The Kier molecular flexibility index (Phi) is 4.52. The van der Waals surface area contributed by atoms with Crippen molar-refractivity contribution in [1.29, 1.82) is 0 Å². The van der Waals surface area contributed by atoms with Gasteiger partial charge in [-0.25, -0.2) is 0 Å². The third kappa shape index (κ3) is 3.56. The van der Waals surface area contributed by atoms with Crippen LogP contribution in [0.25, 0.3) is 11.1 Å². The van der Waals surface area contributed by atoms with Gasteiger partial charge >= 0.3 is 5.97 Å². The van der Waals surface area contributed by atoms with Crippen molar-refractivity contribution >= 4 is 11.8 Å². The summed E-state index contributed by atoms with van der Waals surface area (Å²) in [7, 11) is 0. The molecule has 5 heteroatoms. The number of carbonyl (C=O) groups excluding carboxylic acids is 2. The number of ketones is 1. The second kappa shape index (κ2) is 6.35. The largest absolute Gasteiger partial charge is 0.465 e. The minimum absolute atomic E-state index is 0.0441. The van der Waals surface area contributed by atoms with Crippen molar-refractivity contribution < 1.29 is 14.3 Å². The number of ether oxygens (including phenoxy) is 1. The topological polar surface area (TPSA) is 61.2 Å². The van der Waals surface area contributed by atoms with E-state index in [1.807, 2.05) is 19.1 Å². The Hall–Kier alpha value is -2.43. The lowest BCUT2D eigenvalue weighted by Gasteiger charge is -2.05. The molecule has 0 saturated carbocycles. The Morgan fingerprint density at radius 2 is 2.10 bits per heavy atom. The van der Waals surface area contributed by atoms with Crippen LogP contribution in [0, 0.1) is 6.92 Å². The van der Waals surface area contributed by atoms with Crippen molar-refractivity contribution in [3.05, 3.63) is 41.7 Å². The van der Waals surface area contributed by atoms with E-state index >= 15 is 0 Å². The molecule has 0 amide bonds. The first kappa shape index (κ1) is 15.0. The van der Waals surface area contributed by atoms with E-state index in [-0.39, 0.29) is 18.3 Å². The van der Waals surface area contributed by atoms with Gasteiger partial charge in [0.1, 0.15) is 6.54 Å². The summed E-state index contributed by atoms with van der Waals surface area (Å²) in [5, 5.41) is 4.16. The second-order valence-electron chi connectivity index (χ2n) is 4.82. The molecule has 110 valence electrons. The van der Waals surface area contributed by atoms with E-state index in [0.717, 1.165) is 16.7 Å². The predicted molar refractivity (Wildman–Crippen MR) is 79.0 cm³/mol. The molecular weight excluding hydrogens is 268 g/mol. The van der Waals surface area contributed by atoms with Crippen LogP contribution in [0.1, 0.15) is 29.8 Å². The summed E-state index contributed by atoms with van der Waals surface area (Å²) in [5.41, 5.74) is 3.59. The molecule has 0 radical (unpaired) electrons. The molecule has 0 bridgehead atoms. The third-order valence-electron chi connectivity index (χ3n) is 3.17. The second-order valence-corrected chi connectivity index (χ2v) is 4.82. The summed E-state index contributed by atoms with van der Waals surface area (Å²) in [6.07, 6.45) is 3.50.